The number of benzene rings is 1. The molecular weight excluding hydrogens is 334 g/mol. The molecule has 0 unspecified atom stereocenters. The standard InChI is InChI=1S/C23H37N3O/c1-20-8-6-16-26(18-20)19-21-9-11-22(12-10-21)23(27)24-13-7-17-25-14-4-2-3-5-15-25/h9-12,20H,2-8,13-19H2,1H3,(H,24,27)/t20-/m0/s1. The normalized spacial score (nSPS) is 22.3. The van der Waals surface area contributed by atoms with Gasteiger partial charge in [-0.3, -0.25) is 9.69 Å². The molecular formula is C23H37N3O. The van der Waals surface area contributed by atoms with Gasteiger partial charge >= 0.3 is 0 Å². The third-order valence-electron chi connectivity index (χ3n) is 6.00. The zero-order valence-corrected chi connectivity index (χ0v) is 17.1. The summed E-state index contributed by atoms with van der Waals surface area (Å²) in [6.07, 6.45) is 9.10. The van der Waals surface area contributed by atoms with E-state index in [1.807, 2.05) is 12.1 Å². The summed E-state index contributed by atoms with van der Waals surface area (Å²) in [6.45, 7) is 10.1. The Kier molecular flexibility index (Phi) is 8.15. The number of piperidine rings is 1. The average molecular weight is 372 g/mol. The van der Waals surface area contributed by atoms with Gasteiger partial charge in [-0.2, -0.15) is 0 Å². The molecule has 1 N–H and O–H groups in total. The largest absolute Gasteiger partial charge is 0.352 e. The first kappa shape index (κ1) is 20.3. The van der Waals surface area contributed by atoms with Crippen LogP contribution in [0.25, 0.3) is 0 Å². The predicted octanol–water partition coefficient (Wildman–Crippen LogP) is 3.91. The lowest BCUT2D eigenvalue weighted by Crippen LogP contribution is -2.33. The van der Waals surface area contributed by atoms with Crippen molar-refractivity contribution in [1.82, 2.24) is 15.1 Å². The maximum atomic E-state index is 12.4. The van der Waals surface area contributed by atoms with E-state index in [0.29, 0.717) is 0 Å². The van der Waals surface area contributed by atoms with Gasteiger partial charge in [-0.15, -0.1) is 0 Å². The fraction of sp³-hybridized carbons (Fsp3) is 0.696. The molecule has 4 heteroatoms. The van der Waals surface area contributed by atoms with Gasteiger partial charge in [-0.1, -0.05) is 31.9 Å². The Bertz CT molecular complexity index is 563. The fourth-order valence-corrected chi connectivity index (χ4v) is 4.42. The van der Waals surface area contributed by atoms with Gasteiger partial charge in [0, 0.05) is 25.2 Å². The number of nitrogens with one attached hydrogen (secondary N) is 1. The summed E-state index contributed by atoms with van der Waals surface area (Å²) in [5, 5.41) is 3.08. The van der Waals surface area contributed by atoms with Gasteiger partial charge in [-0.25, -0.2) is 0 Å². The van der Waals surface area contributed by atoms with Crippen LogP contribution in [0.3, 0.4) is 0 Å². The second-order valence-corrected chi connectivity index (χ2v) is 8.54. The number of hydrogen-bond acceptors (Lipinski definition) is 3. The van der Waals surface area contributed by atoms with Gasteiger partial charge in [-0.05, 0) is 81.9 Å². The van der Waals surface area contributed by atoms with Crippen LogP contribution in [0.4, 0.5) is 0 Å². The first-order valence-electron chi connectivity index (χ1n) is 11.0. The zero-order chi connectivity index (χ0) is 18.9. The highest BCUT2D eigenvalue weighted by molar-refractivity contribution is 5.94. The van der Waals surface area contributed by atoms with Crippen molar-refractivity contribution in [2.24, 2.45) is 5.92 Å². The molecule has 0 aliphatic carbocycles. The highest BCUT2D eigenvalue weighted by atomic mass is 16.1. The Morgan fingerprint density at radius 3 is 2.41 bits per heavy atom. The molecule has 150 valence electrons. The van der Waals surface area contributed by atoms with Crippen molar-refractivity contribution in [2.45, 2.75) is 58.4 Å². The summed E-state index contributed by atoms with van der Waals surface area (Å²) in [4.78, 5) is 17.4. The van der Waals surface area contributed by atoms with Crippen LogP contribution in [0.15, 0.2) is 24.3 Å². The Hall–Kier alpha value is -1.39. The lowest BCUT2D eigenvalue weighted by molar-refractivity contribution is 0.0951. The topological polar surface area (TPSA) is 35.6 Å². The second kappa shape index (κ2) is 10.8. The molecule has 0 radical (unpaired) electrons. The van der Waals surface area contributed by atoms with E-state index in [4.69, 9.17) is 0 Å². The smallest absolute Gasteiger partial charge is 0.251 e. The molecule has 2 aliphatic heterocycles. The molecule has 0 aromatic heterocycles. The maximum Gasteiger partial charge on any atom is 0.251 e. The van der Waals surface area contributed by atoms with E-state index in [1.165, 1.54) is 70.3 Å². The van der Waals surface area contributed by atoms with Crippen molar-refractivity contribution in [2.75, 3.05) is 39.3 Å². The monoisotopic (exact) mass is 371 g/mol. The molecule has 2 heterocycles. The number of rotatable bonds is 7. The summed E-state index contributed by atoms with van der Waals surface area (Å²) in [5.74, 6) is 0.863. The molecule has 0 saturated carbocycles. The van der Waals surface area contributed by atoms with Gasteiger partial charge < -0.3 is 10.2 Å². The molecule has 4 nitrogen and oxygen atoms in total. The van der Waals surface area contributed by atoms with Gasteiger partial charge in [0.1, 0.15) is 0 Å². The third kappa shape index (κ3) is 6.93. The quantitative estimate of drug-likeness (QED) is 0.738. The van der Waals surface area contributed by atoms with Crippen LogP contribution in [0, 0.1) is 5.92 Å². The second-order valence-electron chi connectivity index (χ2n) is 8.54. The van der Waals surface area contributed by atoms with Crippen molar-refractivity contribution in [3.8, 4) is 0 Å². The summed E-state index contributed by atoms with van der Waals surface area (Å²) < 4.78 is 0. The molecule has 1 aromatic carbocycles. The van der Waals surface area contributed by atoms with Crippen molar-refractivity contribution < 1.29 is 4.79 Å². The van der Waals surface area contributed by atoms with Gasteiger partial charge in [0.25, 0.3) is 5.91 Å². The molecule has 1 aromatic rings. The summed E-state index contributed by atoms with van der Waals surface area (Å²) in [6, 6.07) is 8.19. The lowest BCUT2D eigenvalue weighted by atomic mass is 9.99. The number of carbonyl (C=O) groups is 1. The van der Waals surface area contributed by atoms with Gasteiger partial charge in [0.15, 0.2) is 0 Å². The molecule has 2 saturated heterocycles. The van der Waals surface area contributed by atoms with E-state index in [-0.39, 0.29) is 5.91 Å². The zero-order valence-electron chi connectivity index (χ0n) is 17.1. The molecule has 0 bridgehead atoms. The van der Waals surface area contributed by atoms with Crippen LogP contribution in [0.1, 0.15) is 67.8 Å². The van der Waals surface area contributed by atoms with Crippen LogP contribution in [-0.4, -0.2) is 55.0 Å². The van der Waals surface area contributed by atoms with Crippen LogP contribution < -0.4 is 5.32 Å². The number of amides is 1. The lowest BCUT2D eigenvalue weighted by Gasteiger charge is -2.30. The van der Waals surface area contributed by atoms with Crippen LogP contribution in [0.2, 0.25) is 0 Å². The minimum atomic E-state index is 0.0593. The Balaban J connectivity index is 1.37. The number of carbonyl (C=O) groups excluding carboxylic acids is 1. The molecule has 27 heavy (non-hydrogen) atoms. The summed E-state index contributed by atoms with van der Waals surface area (Å²) in [7, 11) is 0. The predicted molar refractivity (Wildman–Crippen MR) is 112 cm³/mol. The Morgan fingerprint density at radius 1 is 1.00 bits per heavy atom. The fourth-order valence-electron chi connectivity index (χ4n) is 4.42. The van der Waals surface area contributed by atoms with E-state index in [1.54, 1.807) is 0 Å². The van der Waals surface area contributed by atoms with E-state index in [0.717, 1.165) is 37.5 Å². The molecule has 2 fully saturated rings. The van der Waals surface area contributed by atoms with Gasteiger partial charge in [0.2, 0.25) is 0 Å². The number of nitrogens with zero attached hydrogens (tertiary/aromatic N) is 2. The van der Waals surface area contributed by atoms with Crippen molar-refractivity contribution >= 4 is 5.91 Å². The number of hydrogen-bond donors (Lipinski definition) is 1. The molecule has 3 rings (SSSR count). The van der Waals surface area contributed by atoms with Crippen molar-refractivity contribution in [3.63, 3.8) is 0 Å². The Morgan fingerprint density at radius 2 is 1.70 bits per heavy atom. The van der Waals surface area contributed by atoms with Crippen molar-refractivity contribution in [3.05, 3.63) is 35.4 Å². The molecule has 2 aliphatic rings. The minimum Gasteiger partial charge on any atom is -0.352 e. The van der Waals surface area contributed by atoms with Crippen LogP contribution >= 0.6 is 0 Å². The summed E-state index contributed by atoms with van der Waals surface area (Å²) in [5.41, 5.74) is 2.09. The average Bonchev–Trinajstić information content (AvgIpc) is 2.94. The van der Waals surface area contributed by atoms with E-state index in [2.05, 4.69) is 34.2 Å². The number of likely N-dealkylation sites (tertiary alicyclic amines) is 2. The van der Waals surface area contributed by atoms with Crippen molar-refractivity contribution in [1.29, 1.82) is 0 Å². The third-order valence-corrected chi connectivity index (χ3v) is 6.00. The van der Waals surface area contributed by atoms with Crippen LogP contribution in [0.5, 0.6) is 0 Å². The van der Waals surface area contributed by atoms with E-state index in [9.17, 15) is 4.79 Å². The molecule has 0 spiro atoms. The molecule has 1 atom stereocenters. The summed E-state index contributed by atoms with van der Waals surface area (Å²) >= 11 is 0. The highest BCUT2D eigenvalue weighted by Gasteiger charge is 2.16. The first-order valence-corrected chi connectivity index (χ1v) is 11.0. The van der Waals surface area contributed by atoms with Crippen LogP contribution in [-0.2, 0) is 6.54 Å². The van der Waals surface area contributed by atoms with E-state index < -0.39 is 0 Å². The van der Waals surface area contributed by atoms with Gasteiger partial charge in [0.05, 0.1) is 0 Å². The SMILES string of the molecule is C[C@H]1CCCN(Cc2ccc(C(=O)NCCCN3CCCCCC3)cc2)C1. The minimum absolute atomic E-state index is 0.0593. The Labute approximate surface area is 165 Å². The molecule has 1 amide bonds. The maximum absolute atomic E-state index is 12.4. The highest BCUT2D eigenvalue weighted by Crippen LogP contribution is 2.18. The first-order chi connectivity index (χ1) is 13.2. The van der Waals surface area contributed by atoms with E-state index >= 15 is 0 Å².